The molecule has 2 nitrogen and oxygen atoms in total. The molecule has 0 spiro atoms. The minimum atomic E-state index is -1.26. The Morgan fingerprint density at radius 1 is 0.419 bits per heavy atom. The molecule has 0 atom stereocenters. The fourth-order valence-corrected chi connectivity index (χ4v) is 7.83. The first-order chi connectivity index (χ1) is 15.2. The fourth-order valence-electron chi connectivity index (χ4n) is 3.47. The first-order valence-corrected chi connectivity index (χ1v) is 12.8. The predicted octanol–water partition coefficient (Wildman–Crippen LogP) is 4.70. The highest BCUT2D eigenvalue weighted by molar-refractivity contribution is 7.90. The summed E-state index contributed by atoms with van der Waals surface area (Å²) in [7, 11) is -2.51. The number of hydrogen-bond acceptors (Lipinski definition) is 2. The Morgan fingerprint density at radius 3 is 0.871 bits per heavy atom. The van der Waals surface area contributed by atoms with Crippen molar-refractivity contribution in [3.05, 3.63) is 121 Å². The molecule has 152 valence electrons. The molecule has 4 aromatic carbocycles. The molecule has 0 radical (unpaired) electrons. The smallest absolute Gasteiger partial charge is 0.171 e. The number of benzene rings is 4. The second-order valence-electron chi connectivity index (χ2n) is 6.98. The Labute approximate surface area is 185 Å². The third-order valence-corrected chi connectivity index (χ3v) is 9.43. The van der Waals surface area contributed by atoms with Crippen LogP contribution in [0.4, 0.5) is 0 Å². The van der Waals surface area contributed by atoms with Crippen LogP contribution in [0.5, 0.6) is 0 Å². The first kappa shape index (κ1) is 21.3. The van der Waals surface area contributed by atoms with E-state index < -0.39 is 15.8 Å². The van der Waals surface area contributed by atoms with Gasteiger partial charge in [-0.1, -0.05) is 121 Å². The Morgan fingerprint density at radius 2 is 0.645 bits per heavy atom. The Balaban J connectivity index is 1.66. The predicted molar refractivity (Wildman–Crippen MR) is 133 cm³/mol. The van der Waals surface area contributed by atoms with E-state index in [-0.39, 0.29) is 17.5 Å². The zero-order valence-corrected chi connectivity index (χ0v) is 18.8. The van der Waals surface area contributed by atoms with Crippen molar-refractivity contribution in [2.45, 2.75) is 6.42 Å². The number of hydrogen-bond donors (Lipinski definition) is 0. The van der Waals surface area contributed by atoms with E-state index in [9.17, 15) is 9.59 Å². The molecule has 0 heterocycles. The standard InChI is InChI=1S/C27H22O2P2/c28-26(30(22-13-5-1-6-14-22)23-15-7-2-8-16-23)21-27(29)31(24-17-9-3-10-18-24)25-19-11-4-12-20-25/h1-20H,21H2. The average molecular weight is 440 g/mol. The monoisotopic (exact) mass is 440 g/mol. The van der Waals surface area contributed by atoms with Crippen LogP contribution in [-0.4, -0.2) is 11.0 Å². The van der Waals surface area contributed by atoms with Crippen molar-refractivity contribution in [3.63, 3.8) is 0 Å². The minimum Gasteiger partial charge on any atom is -0.293 e. The number of carbonyl (C=O) groups is 2. The molecule has 0 unspecified atom stereocenters. The van der Waals surface area contributed by atoms with E-state index in [1.54, 1.807) is 0 Å². The van der Waals surface area contributed by atoms with Gasteiger partial charge < -0.3 is 0 Å². The number of carbonyl (C=O) groups excluding carboxylic acids is 2. The van der Waals surface area contributed by atoms with E-state index >= 15 is 0 Å². The molecule has 31 heavy (non-hydrogen) atoms. The van der Waals surface area contributed by atoms with E-state index in [4.69, 9.17) is 0 Å². The molecule has 0 N–H and O–H groups in total. The van der Waals surface area contributed by atoms with Crippen LogP contribution in [0.25, 0.3) is 0 Å². The summed E-state index contributed by atoms with van der Waals surface area (Å²) in [6, 6.07) is 39.2. The summed E-state index contributed by atoms with van der Waals surface area (Å²) in [5.74, 6) is 0. The number of rotatable bonds is 8. The van der Waals surface area contributed by atoms with Gasteiger partial charge in [0.1, 0.15) is 0 Å². The Hall–Kier alpha value is -2.92. The van der Waals surface area contributed by atoms with Gasteiger partial charge in [-0.2, -0.15) is 0 Å². The molecule has 0 saturated heterocycles. The van der Waals surface area contributed by atoms with Crippen LogP contribution in [0, 0.1) is 0 Å². The van der Waals surface area contributed by atoms with Crippen molar-refractivity contribution in [2.24, 2.45) is 0 Å². The average Bonchev–Trinajstić information content (AvgIpc) is 2.82. The third-order valence-electron chi connectivity index (χ3n) is 4.86. The second kappa shape index (κ2) is 10.4. The van der Waals surface area contributed by atoms with E-state index in [1.165, 1.54) is 0 Å². The summed E-state index contributed by atoms with van der Waals surface area (Å²) in [5.41, 5.74) is -0.00600. The van der Waals surface area contributed by atoms with Crippen molar-refractivity contribution < 1.29 is 9.59 Å². The van der Waals surface area contributed by atoms with E-state index in [0.29, 0.717) is 0 Å². The third kappa shape index (κ3) is 5.23. The maximum Gasteiger partial charge on any atom is 0.171 e. The Bertz CT molecular complexity index is 959. The second-order valence-corrected chi connectivity index (χ2v) is 11.4. The lowest BCUT2D eigenvalue weighted by Crippen LogP contribution is -2.23. The summed E-state index contributed by atoms with van der Waals surface area (Å²) in [4.78, 5) is 27.1. The van der Waals surface area contributed by atoms with Crippen LogP contribution in [-0.2, 0) is 9.59 Å². The summed E-state index contributed by atoms with van der Waals surface area (Å²) in [6.07, 6.45) is -0.0645. The van der Waals surface area contributed by atoms with E-state index in [2.05, 4.69) is 0 Å². The molecule has 0 bridgehead atoms. The van der Waals surface area contributed by atoms with Gasteiger partial charge in [0.25, 0.3) is 0 Å². The zero-order valence-electron chi connectivity index (χ0n) is 17.0. The van der Waals surface area contributed by atoms with Crippen LogP contribution in [0.15, 0.2) is 121 Å². The van der Waals surface area contributed by atoms with Crippen LogP contribution in [0.3, 0.4) is 0 Å². The first-order valence-electron chi connectivity index (χ1n) is 10.1. The largest absolute Gasteiger partial charge is 0.293 e. The maximum absolute atomic E-state index is 13.5. The fraction of sp³-hybridized carbons (Fsp3) is 0.0370. The quantitative estimate of drug-likeness (QED) is 0.294. The molecule has 0 aromatic heterocycles. The van der Waals surface area contributed by atoms with Gasteiger partial charge in [0.05, 0.1) is 6.42 Å². The normalized spacial score (nSPS) is 10.9. The molecule has 0 saturated carbocycles. The van der Waals surface area contributed by atoms with Gasteiger partial charge in [-0.25, -0.2) is 0 Å². The van der Waals surface area contributed by atoms with Crippen molar-refractivity contribution in [1.82, 2.24) is 0 Å². The van der Waals surface area contributed by atoms with Crippen molar-refractivity contribution >= 4 is 48.1 Å². The molecule has 0 aliphatic carbocycles. The highest BCUT2D eigenvalue weighted by Crippen LogP contribution is 2.41. The van der Waals surface area contributed by atoms with Crippen molar-refractivity contribution in [1.29, 1.82) is 0 Å². The molecular formula is C27H22O2P2. The molecule has 0 aliphatic rings. The molecule has 0 aliphatic heterocycles. The SMILES string of the molecule is O=C(CC(=O)P(c1ccccc1)c1ccccc1)P(c1ccccc1)c1ccccc1. The van der Waals surface area contributed by atoms with Crippen molar-refractivity contribution in [3.8, 4) is 0 Å². The van der Waals surface area contributed by atoms with Gasteiger partial charge in [-0.3, -0.25) is 9.59 Å². The highest BCUT2D eigenvalue weighted by Gasteiger charge is 2.29. The van der Waals surface area contributed by atoms with Gasteiger partial charge in [0, 0.05) is 15.8 Å². The van der Waals surface area contributed by atoms with Gasteiger partial charge in [0.2, 0.25) is 0 Å². The van der Waals surface area contributed by atoms with Gasteiger partial charge >= 0.3 is 0 Å². The highest BCUT2D eigenvalue weighted by atomic mass is 31.1. The van der Waals surface area contributed by atoms with Crippen LogP contribution < -0.4 is 21.2 Å². The van der Waals surface area contributed by atoms with Crippen LogP contribution in [0.1, 0.15) is 6.42 Å². The maximum atomic E-state index is 13.5. The lowest BCUT2D eigenvalue weighted by Gasteiger charge is -2.20. The molecule has 0 amide bonds. The topological polar surface area (TPSA) is 34.1 Å². The molecule has 0 fully saturated rings. The molecule has 4 rings (SSSR count). The molecular weight excluding hydrogens is 418 g/mol. The van der Waals surface area contributed by atoms with Crippen LogP contribution in [0.2, 0.25) is 0 Å². The zero-order chi connectivity index (χ0) is 21.5. The van der Waals surface area contributed by atoms with E-state index in [0.717, 1.165) is 21.2 Å². The van der Waals surface area contributed by atoms with Gasteiger partial charge in [-0.15, -0.1) is 0 Å². The minimum absolute atomic E-state index is 0.00300. The summed E-state index contributed by atoms with van der Waals surface area (Å²) >= 11 is 0. The van der Waals surface area contributed by atoms with Crippen LogP contribution >= 0.6 is 15.8 Å². The van der Waals surface area contributed by atoms with Gasteiger partial charge in [-0.05, 0) is 21.2 Å². The summed E-state index contributed by atoms with van der Waals surface area (Å²) in [6.45, 7) is 0. The van der Waals surface area contributed by atoms with E-state index in [1.807, 2.05) is 121 Å². The summed E-state index contributed by atoms with van der Waals surface area (Å²) in [5, 5.41) is 3.91. The lowest BCUT2D eigenvalue weighted by atomic mass is 10.4. The molecule has 4 aromatic rings. The van der Waals surface area contributed by atoms with Crippen molar-refractivity contribution in [2.75, 3.05) is 0 Å². The molecule has 4 heteroatoms. The summed E-state index contributed by atoms with van der Waals surface area (Å²) < 4.78 is 0. The van der Waals surface area contributed by atoms with Gasteiger partial charge in [0.15, 0.2) is 11.0 Å². The Kier molecular flexibility index (Phi) is 7.15. The lowest BCUT2D eigenvalue weighted by molar-refractivity contribution is -0.118.